The molecule has 1 aliphatic rings. The fourth-order valence-electron chi connectivity index (χ4n) is 1.65. The lowest BCUT2D eigenvalue weighted by atomic mass is 10.2. The first-order valence-electron chi connectivity index (χ1n) is 5.54. The number of hydrogen-bond acceptors (Lipinski definition) is 3. The summed E-state index contributed by atoms with van der Waals surface area (Å²) < 4.78 is 4.87. The van der Waals surface area contributed by atoms with Gasteiger partial charge in [-0.2, -0.15) is 4.99 Å². The third kappa shape index (κ3) is 3.12. The molecule has 1 aromatic carbocycles. The molecule has 0 aliphatic carbocycles. The summed E-state index contributed by atoms with van der Waals surface area (Å²) in [6.45, 7) is 0.887. The number of nitrogens with two attached hydrogens (primary N) is 3. The number of hydrogen-bond donors (Lipinski definition) is 3. The van der Waals surface area contributed by atoms with Crippen LogP contribution in [0.2, 0.25) is 0 Å². The van der Waals surface area contributed by atoms with Crippen molar-refractivity contribution in [2.75, 3.05) is 18.1 Å². The highest BCUT2D eigenvalue weighted by Gasteiger charge is 2.23. The van der Waals surface area contributed by atoms with E-state index in [2.05, 4.69) is 9.98 Å². The van der Waals surface area contributed by atoms with E-state index in [-0.39, 0.29) is 18.0 Å². The molecule has 0 spiro atoms. The molecule has 8 nitrogen and oxygen atoms in total. The van der Waals surface area contributed by atoms with E-state index >= 15 is 0 Å². The van der Waals surface area contributed by atoms with Crippen molar-refractivity contribution < 1.29 is 9.53 Å². The molecular formula is C11H14N6O2. The van der Waals surface area contributed by atoms with E-state index in [1.807, 2.05) is 0 Å². The number of nitrogens with zero attached hydrogens (tertiary/aromatic N) is 3. The van der Waals surface area contributed by atoms with Crippen LogP contribution in [-0.4, -0.2) is 31.2 Å². The molecular weight excluding hydrogens is 248 g/mol. The predicted octanol–water partition coefficient (Wildman–Crippen LogP) is -0.137. The van der Waals surface area contributed by atoms with Gasteiger partial charge in [-0.05, 0) is 18.2 Å². The topological polar surface area (TPSA) is 132 Å². The largest absolute Gasteiger partial charge is 0.447 e. The van der Waals surface area contributed by atoms with E-state index in [1.165, 1.54) is 4.90 Å². The van der Waals surface area contributed by atoms with Crippen molar-refractivity contribution in [3.8, 4) is 0 Å². The smallest absolute Gasteiger partial charge is 0.414 e. The number of anilines is 1. The Kier molecular flexibility index (Phi) is 3.51. The number of ether oxygens (including phenoxy) is 1. The third-order valence-electron chi connectivity index (χ3n) is 2.39. The number of cyclic esters (lactones) is 1. The molecule has 1 aromatic rings. The van der Waals surface area contributed by atoms with Gasteiger partial charge in [-0.25, -0.2) is 9.79 Å². The summed E-state index contributed by atoms with van der Waals surface area (Å²) in [7, 11) is 0. The lowest BCUT2D eigenvalue weighted by molar-refractivity contribution is 0.181. The number of rotatable bonds is 2. The van der Waals surface area contributed by atoms with Crippen molar-refractivity contribution in [3.63, 3.8) is 0 Å². The molecule has 0 saturated carbocycles. The van der Waals surface area contributed by atoms with Gasteiger partial charge in [0.1, 0.15) is 6.61 Å². The van der Waals surface area contributed by atoms with Crippen LogP contribution in [0, 0.1) is 0 Å². The summed E-state index contributed by atoms with van der Waals surface area (Å²) in [6, 6.07) is 6.95. The van der Waals surface area contributed by atoms with E-state index in [0.717, 1.165) is 0 Å². The lowest BCUT2D eigenvalue weighted by Gasteiger charge is -2.12. The quantitative estimate of drug-likeness (QED) is 0.504. The number of aliphatic imine (C=N–C) groups is 2. The van der Waals surface area contributed by atoms with Gasteiger partial charge in [0.05, 0.1) is 12.2 Å². The van der Waals surface area contributed by atoms with Crippen LogP contribution in [0.5, 0.6) is 0 Å². The molecule has 0 bridgehead atoms. The molecule has 100 valence electrons. The maximum Gasteiger partial charge on any atom is 0.414 e. The minimum absolute atomic E-state index is 0.0545. The minimum Gasteiger partial charge on any atom is -0.447 e. The van der Waals surface area contributed by atoms with E-state index in [9.17, 15) is 4.79 Å². The summed E-state index contributed by atoms with van der Waals surface area (Å²) in [5, 5.41) is 0. The Morgan fingerprint density at radius 3 is 2.74 bits per heavy atom. The molecule has 1 saturated heterocycles. The van der Waals surface area contributed by atoms with Gasteiger partial charge in [0.15, 0.2) is 5.96 Å². The maximum atomic E-state index is 11.4. The standard InChI is InChI=1S/C11H14N6O2/c12-9(13)16-10(14)15-7-2-1-3-8(6-7)17-4-5-19-11(17)18/h1-3,6H,4-5H2,(H6,12,13,14,15,16). The Bertz CT molecular complexity index is 550. The van der Waals surface area contributed by atoms with Gasteiger partial charge in [-0.15, -0.1) is 0 Å². The maximum absolute atomic E-state index is 11.4. The summed E-state index contributed by atoms with van der Waals surface area (Å²) >= 11 is 0. The second-order valence-corrected chi connectivity index (χ2v) is 3.79. The normalized spacial score (nSPS) is 15.3. The second-order valence-electron chi connectivity index (χ2n) is 3.79. The Morgan fingerprint density at radius 1 is 1.32 bits per heavy atom. The fraction of sp³-hybridized carbons (Fsp3) is 0.182. The monoisotopic (exact) mass is 262 g/mol. The third-order valence-corrected chi connectivity index (χ3v) is 2.39. The molecule has 6 N–H and O–H groups in total. The summed E-state index contributed by atoms with van der Waals surface area (Å²) in [6.07, 6.45) is -0.377. The highest BCUT2D eigenvalue weighted by atomic mass is 16.6. The molecule has 8 heteroatoms. The van der Waals surface area contributed by atoms with Gasteiger partial charge in [0.2, 0.25) is 5.96 Å². The van der Waals surface area contributed by atoms with Crippen LogP contribution in [0.3, 0.4) is 0 Å². The Hall–Kier alpha value is -2.77. The van der Waals surface area contributed by atoms with Crippen LogP contribution < -0.4 is 22.1 Å². The average molecular weight is 262 g/mol. The van der Waals surface area contributed by atoms with E-state index in [0.29, 0.717) is 24.5 Å². The van der Waals surface area contributed by atoms with Gasteiger partial charge in [0.25, 0.3) is 0 Å². The van der Waals surface area contributed by atoms with Crippen LogP contribution in [-0.2, 0) is 4.74 Å². The first-order valence-corrected chi connectivity index (χ1v) is 5.54. The molecule has 1 heterocycles. The molecule has 1 amide bonds. The van der Waals surface area contributed by atoms with Gasteiger partial charge >= 0.3 is 6.09 Å². The molecule has 0 unspecified atom stereocenters. The highest BCUT2D eigenvalue weighted by molar-refractivity contribution is 5.94. The Balaban J connectivity index is 2.25. The van der Waals surface area contributed by atoms with E-state index in [1.54, 1.807) is 24.3 Å². The molecule has 1 aliphatic heterocycles. The zero-order chi connectivity index (χ0) is 13.8. The number of guanidine groups is 2. The van der Waals surface area contributed by atoms with Crippen molar-refractivity contribution in [2.45, 2.75) is 0 Å². The molecule has 0 radical (unpaired) electrons. The number of carbonyl (C=O) groups is 1. The van der Waals surface area contributed by atoms with Crippen molar-refractivity contribution >= 4 is 29.4 Å². The van der Waals surface area contributed by atoms with Crippen LogP contribution >= 0.6 is 0 Å². The first kappa shape index (κ1) is 12.7. The molecule has 0 atom stereocenters. The van der Waals surface area contributed by atoms with Crippen LogP contribution in [0.1, 0.15) is 0 Å². The van der Waals surface area contributed by atoms with Gasteiger partial charge in [-0.3, -0.25) is 4.90 Å². The fourth-order valence-corrected chi connectivity index (χ4v) is 1.65. The van der Waals surface area contributed by atoms with Gasteiger partial charge in [0, 0.05) is 5.69 Å². The first-order chi connectivity index (χ1) is 9.06. The van der Waals surface area contributed by atoms with Crippen LogP contribution in [0.15, 0.2) is 34.3 Å². The number of benzene rings is 1. The van der Waals surface area contributed by atoms with Crippen LogP contribution in [0.4, 0.5) is 16.2 Å². The zero-order valence-corrected chi connectivity index (χ0v) is 10.1. The van der Waals surface area contributed by atoms with Crippen molar-refractivity contribution in [1.82, 2.24) is 0 Å². The molecule has 19 heavy (non-hydrogen) atoms. The average Bonchev–Trinajstić information content (AvgIpc) is 2.74. The summed E-state index contributed by atoms with van der Waals surface area (Å²) in [5.74, 6) is -0.221. The van der Waals surface area contributed by atoms with Crippen LogP contribution in [0.25, 0.3) is 0 Å². The molecule has 2 rings (SSSR count). The van der Waals surface area contributed by atoms with Gasteiger partial charge < -0.3 is 21.9 Å². The van der Waals surface area contributed by atoms with Crippen molar-refractivity contribution in [2.24, 2.45) is 27.2 Å². The Labute approximate surface area is 109 Å². The van der Waals surface area contributed by atoms with E-state index < -0.39 is 0 Å². The van der Waals surface area contributed by atoms with E-state index in [4.69, 9.17) is 21.9 Å². The van der Waals surface area contributed by atoms with Crippen molar-refractivity contribution in [1.29, 1.82) is 0 Å². The molecule has 0 aromatic heterocycles. The number of carbonyl (C=O) groups excluding carboxylic acids is 1. The predicted molar refractivity (Wildman–Crippen MR) is 72.2 cm³/mol. The zero-order valence-electron chi connectivity index (χ0n) is 10.1. The molecule has 1 fully saturated rings. The minimum atomic E-state index is -0.377. The SMILES string of the molecule is NC(N)=NC(N)=Nc1cccc(N2CCOC2=O)c1. The second kappa shape index (κ2) is 5.25. The van der Waals surface area contributed by atoms with Gasteiger partial charge in [-0.1, -0.05) is 6.07 Å². The highest BCUT2D eigenvalue weighted by Crippen LogP contribution is 2.23. The van der Waals surface area contributed by atoms with Crippen molar-refractivity contribution in [3.05, 3.63) is 24.3 Å². The summed E-state index contributed by atoms with van der Waals surface area (Å²) in [5.41, 5.74) is 17.1. The number of amides is 1. The summed E-state index contributed by atoms with van der Waals surface area (Å²) in [4.78, 5) is 20.6. The Morgan fingerprint density at radius 2 is 2.11 bits per heavy atom. The lowest BCUT2D eigenvalue weighted by Crippen LogP contribution is -2.26.